The number of nitro benzene ring substituents is 1. The molecule has 2 N–H and O–H groups in total. The van der Waals surface area contributed by atoms with E-state index in [1.54, 1.807) is 37.4 Å². The van der Waals surface area contributed by atoms with Crippen LogP contribution in [0.25, 0.3) is 0 Å². The monoisotopic (exact) mass is 259 g/mol. The van der Waals surface area contributed by atoms with Crippen molar-refractivity contribution in [2.24, 2.45) is 5.73 Å². The number of hydrogen-bond donors (Lipinski definition) is 1. The number of nitrogens with zero attached hydrogens (tertiary/aromatic N) is 2. The third-order valence-electron chi connectivity index (χ3n) is 2.56. The van der Waals surface area contributed by atoms with Gasteiger partial charge in [0.1, 0.15) is 0 Å². The summed E-state index contributed by atoms with van der Waals surface area (Å²) >= 11 is 0. The van der Waals surface area contributed by atoms with Gasteiger partial charge < -0.3 is 10.5 Å². The Morgan fingerprint density at radius 1 is 1.32 bits per heavy atom. The number of nitro groups is 1. The van der Waals surface area contributed by atoms with Gasteiger partial charge >= 0.3 is 5.69 Å². The molecule has 0 saturated heterocycles. The maximum Gasteiger partial charge on any atom is 0.311 e. The number of nitrogens with two attached hydrogens (primary N) is 1. The van der Waals surface area contributed by atoms with E-state index >= 15 is 0 Å². The summed E-state index contributed by atoms with van der Waals surface area (Å²) in [6, 6.07) is 9.40. The molecule has 2 rings (SSSR count). The van der Waals surface area contributed by atoms with E-state index in [4.69, 9.17) is 10.5 Å². The van der Waals surface area contributed by atoms with Gasteiger partial charge in [-0.1, -0.05) is 18.2 Å². The van der Waals surface area contributed by atoms with Crippen LogP contribution in [0, 0.1) is 10.1 Å². The molecule has 6 nitrogen and oxygen atoms in total. The highest BCUT2D eigenvalue weighted by molar-refractivity contribution is 5.48. The van der Waals surface area contributed by atoms with Crippen molar-refractivity contribution in [3.63, 3.8) is 0 Å². The van der Waals surface area contributed by atoms with Crippen molar-refractivity contribution in [3.05, 3.63) is 58.3 Å². The number of pyridine rings is 1. The van der Waals surface area contributed by atoms with Crippen LogP contribution in [0.5, 0.6) is 11.6 Å². The predicted molar refractivity (Wildman–Crippen MR) is 70.0 cm³/mol. The largest absolute Gasteiger partial charge is 0.431 e. The van der Waals surface area contributed by atoms with Gasteiger partial charge in [0.25, 0.3) is 0 Å². The fourth-order valence-corrected chi connectivity index (χ4v) is 1.63. The van der Waals surface area contributed by atoms with Crippen LogP contribution in [0.15, 0.2) is 42.6 Å². The molecule has 0 bridgehead atoms. The maximum atomic E-state index is 10.9. The topological polar surface area (TPSA) is 91.3 Å². The van der Waals surface area contributed by atoms with Crippen LogP contribution < -0.4 is 10.5 Å². The summed E-state index contributed by atoms with van der Waals surface area (Å²) in [6.07, 6.45) is 1.55. The first-order chi connectivity index (χ1) is 9.09. The Hall–Kier alpha value is -2.47. The van der Waals surface area contributed by atoms with Crippen molar-refractivity contribution < 1.29 is 9.66 Å². The normalized spacial score (nSPS) is 11.9. The molecular formula is C13H13N3O3. The van der Waals surface area contributed by atoms with E-state index in [0.29, 0.717) is 5.56 Å². The molecule has 1 aromatic heterocycles. The van der Waals surface area contributed by atoms with Crippen molar-refractivity contribution in [3.8, 4) is 11.6 Å². The standard InChI is InChI=1S/C13H13N3O3/c1-9(14)10-5-4-8-15-13(10)19-12-7-3-2-6-11(12)16(17)18/h2-9H,14H2,1H3/t9-/m0/s1. The zero-order valence-electron chi connectivity index (χ0n) is 10.3. The van der Waals surface area contributed by atoms with Crippen molar-refractivity contribution in [1.29, 1.82) is 0 Å². The van der Waals surface area contributed by atoms with Crippen LogP contribution in [-0.4, -0.2) is 9.91 Å². The molecule has 0 aliphatic heterocycles. The SMILES string of the molecule is C[C@H](N)c1cccnc1Oc1ccccc1[N+](=O)[O-]. The maximum absolute atomic E-state index is 10.9. The van der Waals surface area contributed by atoms with Crippen molar-refractivity contribution >= 4 is 5.69 Å². The Kier molecular flexibility index (Phi) is 3.72. The Balaban J connectivity index is 2.39. The Labute approximate surface area is 110 Å². The lowest BCUT2D eigenvalue weighted by Gasteiger charge is -2.11. The second-order valence-corrected chi connectivity index (χ2v) is 4.01. The first-order valence-corrected chi connectivity index (χ1v) is 5.71. The number of benzene rings is 1. The van der Waals surface area contributed by atoms with E-state index in [1.807, 2.05) is 0 Å². The van der Waals surface area contributed by atoms with Gasteiger partial charge in [0.05, 0.1) is 4.92 Å². The van der Waals surface area contributed by atoms with E-state index in [-0.39, 0.29) is 23.4 Å². The minimum absolute atomic E-state index is 0.108. The molecule has 1 heterocycles. The smallest absolute Gasteiger partial charge is 0.311 e. The summed E-state index contributed by atoms with van der Waals surface area (Å²) < 4.78 is 5.53. The van der Waals surface area contributed by atoms with Crippen LogP contribution in [0.4, 0.5) is 5.69 Å². The van der Waals surface area contributed by atoms with Crippen molar-refractivity contribution in [2.45, 2.75) is 13.0 Å². The van der Waals surface area contributed by atoms with Gasteiger partial charge in [-0.3, -0.25) is 10.1 Å². The van der Waals surface area contributed by atoms with Gasteiger partial charge in [-0.05, 0) is 19.1 Å². The molecule has 0 fully saturated rings. The summed E-state index contributed by atoms with van der Waals surface area (Å²) in [5, 5.41) is 10.9. The molecule has 1 aromatic carbocycles. The Bertz CT molecular complexity index is 599. The van der Waals surface area contributed by atoms with Crippen molar-refractivity contribution in [1.82, 2.24) is 4.98 Å². The molecule has 6 heteroatoms. The van der Waals surface area contributed by atoms with Gasteiger partial charge in [0.15, 0.2) is 0 Å². The van der Waals surface area contributed by atoms with Gasteiger partial charge in [0.2, 0.25) is 11.6 Å². The van der Waals surface area contributed by atoms with E-state index in [9.17, 15) is 10.1 Å². The average molecular weight is 259 g/mol. The molecule has 2 aromatic rings. The zero-order chi connectivity index (χ0) is 13.8. The number of rotatable bonds is 4. The third kappa shape index (κ3) is 2.86. The number of ether oxygens (including phenoxy) is 1. The molecule has 1 atom stereocenters. The van der Waals surface area contributed by atoms with Gasteiger partial charge in [0, 0.05) is 23.9 Å². The second kappa shape index (κ2) is 5.45. The van der Waals surface area contributed by atoms with Gasteiger partial charge in [-0.15, -0.1) is 0 Å². The summed E-state index contributed by atoms with van der Waals surface area (Å²) in [7, 11) is 0. The lowest BCUT2D eigenvalue weighted by Crippen LogP contribution is -2.07. The molecule has 0 unspecified atom stereocenters. The molecule has 98 valence electrons. The fourth-order valence-electron chi connectivity index (χ4n) is 1.63. The van der Waals surface area contributed by atoms with E-state index in [1.165, 1.54) is 12.1 Å². The average Bonchev–Trinajstić information content (AvgIpc) is 2.39. The Morgan fingerprint density at radius 2 is 2.05 bits per heavy atom. The lowest BCUT2D eigenvalue weighted by atomic mass is 10.1. The minimum atomic E-state index is -0.496. The Morgan fingerprint density at radius 3 is 2.74 bits per heavy atom. The summed E-state index contributed by atoms with van der Waals surface area (Å²) in [5.74, 6) is 0.430. The molecule has 0 saturated carbocycles. The second-order valence-electron chi connectivity index (χ2n) is 4.01. The molecule has 0 radical (unpaired) electrons. The van der Waals surface area contributed by atoms with Crippen LogP contribution >= 0.6 is 0 Å². The molecular weight excluding hydrogens is 246 g/mol. The fraction of sp³-hybridized carbons (Fsp3) is 0.154. The first kappa shape index (κ1) is 13.0. The van der Waals surface area contributed by atoms with Crippen LogP contribution in [-0.2, 0) is 0 Å². The van der Waals surface area contributed by atoms with E-state index in [0.717, 1.165) is 0 Å². The predicted octanol–water partition coefficient (Wildman–Crippen LogP) is 2.80. The zero-order valence-corrected chi connectivity index (χ0v) is 10.3. The highest BCUT2D eigenvalue weighted by Crippen LogP contribution is 2.32. The minimum Gasteiger partial charge on any atom is -0.431 e. The molecule has 0 aliphatic rings. The molecule has 0 amide bonds. The highest BCUT2D eigenvalue weighted by atomic mass is 16.6. The lowest BCUT2D eigenvalue weighted by molar-refractivity contribution is -0.385. The number of para-hydroxylation sites is 2. The first-order valence-electron chi connectivity index (χ1n) is 5.71. The number of aromatic nitrogens is 1. The molecule has 0 spiro atoms. The highest BCUT2D eigenvalue weighted by Gasteiger charge is 2.17. The molecule has 19 heavy (non-hydrogen) atoms. The number of hydrogen-bond acceptors (Lipinski definition) is 5. The van der Waals surface area contributed by atoms with E-state index in [2.05, 4.69) is 4.98 Å². The van der Waals surface area contributed by atoms with Crippen LogP contribution in [0.2, 0.25) is 0 Å². The summed E-state index contributed by atoms with van der Waals surface area (Å²) in [4.78, 5) is 14.5. The summed E-state index contributed by atoms with van der Waals surface area (Å²) in [6.45, 7) is 1.79. The third-order valence-corrected chi connectivity index (χ3v) is 2.56. The van der Waals surface area contributed by atoms with Crippen LogP contribution in [0.3, 0.4) is 0 Å². The van der Waals surface area contributed by atoms with E-state index < -0.39 is 4.92 Å². The van der Waals surface area contributed by atoms with Crippen LogP contribution in [0.1, 0.15) is 18.5 Å². The van der Waals surface area contributed by atoms with Gasteiger partial charge in [-0.2, -0.15) is 0 Å². The van der Waals surface area contributed by atoms with Crippen molar-refractivity contribution in [2.75, 3.05) is 0 Å². The molecule has 0 aliphatic carbocycles. The quantitative estimate of drug-likeness (QED) is 0.673. The van der Waals surface area contributed by atoms with Gasteiger partial charge in [-0.25, -0.2) is 4.98 Å². The summed E-state index contributed by atoms with van der Waals surface area (Å²) in [5.41, 5.74) is 6.40.